The molecule has 4 rings (SSSR count). The topological polar surface area (TPSA) is 100 Å². The maximum atomic E-state index is 12.5. The molecule has 0 fully saturated rings. The summed E-state index contributed by atoms with van der Waals surface area (Å²) >= 11 is 0. The molecule has 0 atom stereocenters. The van der Waals surface area contributed by atoms with E-state index in [9.17, 15) is 9.90 Å². The summed E-state index contributed by atoms with van der Waals surface area (Å²) in [5.74, 6) is 1.53. The third-order valence-electron chi connectivity index (χ3n) is 5.28. The van der Waals surface area contributed by atoms with Crippen molar-refractivity contribution in [1.29, 1.82) is 0 Å². The molecule has 0 bridgehead atoms. The van der Waals surface area contributed by atoms with Crippen molar-refractivity contribution in [2.24, 2.45) is 5.92 Å². The van der Waals surface area contributed by atoms with Crippen LogP contribution in [-0.2, 0) is 0 Å². The van der Waals surface area contributed by atoms with E-state index in [0.717, 1.165) is 23.1 Å². The van der Waals surface area contributed by atoms with E-state index in [0.29, 0.717) is 40.8 Å². The Morgan fingerprint density at radius 3 is 2.78 bits per heavy atom. The monoisotopic (exact) mass is 430 g/mol. The number of rotatable bonds is 7. The van der Waals surface area contributed by atoms with Gasteiger partial charge in [0.2, 0.25) is 5.88 Å². The molecule has 3 N–H and O–H groups in total. The number of H-pyrrole nitrogens is 1. The maximum absolute atomic E-state index is 12.5. The molecule has 0 aliphatic rings. The first-order chi connectivity index (χ1) is 15.5. The number of hydrogen-bond acceptors (Lipinski definition) is 5. The van der Waals surface area contributed by atoms with Gasteiger partial charge in [0, 0.05) is 23.9 Å². The predicted molar refractivity (Wildman–Crippen MR) is 125 cm³/mol. The molecule has 2 aromatic carbocycles. The molecule has 164 valence electrons. The van der Waals surface area contributed by atoms with Gasteiger partial charge >= 0.3 is 0 Å². The van der Waals surface area contributed by atoms with Crippen LogP contribution in [0.2, 0.25) is 0 Å². The molecule has 2 heterocycles. The van der Waals surface area contributed by atoms with Crippen molar-refractivity contribution < 1.29 is 14.6 Å². The number of amides is 1. The van der Waals surface area contributed by atoms with Gasteiger partial charge in [-0.1, -0.05) is 19.9 Å². The average molecular weight is 431 g/mol. The van der Waals surface area contributed by atoms with Crippen LogP contribution in [0.1, 0.15) is 30.6 Å². The molecule has 7 heteroatoms. The lowest BCUT2D eigenvalue weighted by Gasteiger charge is -2.09. The molecule has 1 amide bonds. The van der Waals surface area contributed by atoms with Gasteiger partial charge in [0.1, 0.15) is 11.6 Å². The second kappa shape index (κ2) is 9.09. The molecule has 32 heavy (non-hydrogen) atoms. The zero-order valence-electron chi connectivity index (χ0n) is 18.3. The van der Waals surface area contributed by atoms with Gasteiger partial charge in [-0.25, -0.2) is 9.97 Å². The zero-order valence-corrected chi connectivity index (χ0v) is 18.3. The summed E-state index contributed by atoms with van der Waals surface area (Å²) in [5, 5.41) is 13.4. The van der Waals surface area contributed by atoms with Crippen LogP contribution in [0.25, 0.3) is 33.5 Å². The van der Waals surface area contributed by atoms with Crippen molar-refractivity contribution in [2.75, 3.05) is 13.7 Å². The van der Waals surface area contributed by atoms with Crippen LogP contribution in [0.3, 0.4) is 0 Å². The number of aromatic nitrogens is 3. The van der Waals surface area contributed by atoms with E-state index in [4.69, 9.17) is 4.74 Å². The number of hydrogen-bond donors (Lipinski definition) is 3. The van der Waals surface area contributed by atoms with Crippen LogP contribution in [0.5, 0.6) is 11.6 Å². The summed E-state index contributed by atoms with van der Waals surface area (Å²) in [5.41, 5.74) is 4.20. The van der Waals surface area contributed by atoms with Crippen molar-refractivity contribution >= 4 is 16.9 Å². The molecule has 0 aliphatic carbocycles. The Kier molecular flexibility index (Phi) is 6.07. The van der Waals surface area contributed by atoms with Crippen molar-refractivity contribution in [3.8, 4) is 34.1 Å². The van der Waals surface area contributed by atoms with E-state index in [1.54, 1.807) is 43.6 Å². The SMILES string of the molecule is COc1ncccc1-c1ccc(O)c(-c2nc3ccc(C(=O)NCCC(C)C)cc3[nH]2)c1. The average Bonchev–Trinajstić information content (AvgIpc) is 3.22. The van der Waals surface area contributed by atoms with Crippen LogP contribution < -0.4 is 10.1 Å². The third kappa shape index (κ3) is 4.42. The van der Waals surface area contributed by atoms with Crippen LogP contribution in [0, 0.1) is 5.92 Å². The van der Waals surface area contributed by atoms with Crippen LogP contribution in [0.4, 0.5) is 0 Å². The fourth-order valence-corrected chi connectivity index (χ4v) is 3.52. The summed E-state index contributed by atoms with van der Waals surface area (Å²) in [6, 6.07) is 14.3. The van der Waals surface area contributed by atoms with Crippen molar-refractivity contribution in [2.45, 2.75) is 20.3 Å². The van der Waals surface area contributed by atoms with Gasteiger partial charge in [-0.3, -0.25) is 4.79 Å². The van der Waals surface area contributed by atoms with Crippen LogP contribution in [-0.4, -0.2) is 39.6 Å². The Balaban J connectivity index is 1.66. The lowest BCUT2D eigenvalue weighted by molar-refractivity contribution is 0.0952. The number of aromatic amines is 1. The number of aromatic hydroxyl groups is 1. The number of nitrogens with zero attached hydrogens (tertiary/aromatic N) is 2. The van der Waals surface area contributed by atoms with Gasteiger partial charge in [0.25, 0.3) is 5.91 Å². The highest BCUT2D eigenvalue weighted by molar-refractivity contribution is 5.97. The minimum absolute atomic E-state index is 0.0994. The minimum Gasteiger partial charge on any atom is -0.507 e. The van der Waals surface area contributed by atoms with E-state index in [1.165, 1.54) is 0 Å². The Hall–Kier alpha value is -3.87. The molecule has 0 aliphatic heterocycles. The number of phenolic OH excluding ortho intramolecular Hbond substituents is 1. The molecule has 7 nitrogen and oxygen atoms in total. The molecule has 0 unspecified atom stereocenters. The number of fused-ring (bicyclic) bond motifs is 1. The van der Waals surface area contributed by atoms with Crippen LogP contribution in [0.15, 0.2) is 54.7 Å². The number of imidazole rings is 1. The molecule has 0 spiro atoms. The van der Waals surface area contributed by atoms with Crippen molar-refractivity contribution in [3.63, 3.8) is 0 Å². The molecule has 0 radical (unpaired) electrons. The van der Waals surface area contributed by atoms with Gasteiger partial charge in [-0.05, 0) is 60.4 Å². The highest BCUT2D eigenvalue weighted by atomic mass is 16.5. The number of methoxy groups -OCH3 is 1. The Morgan fingerprint density at radius 2 is 2.00 bits per heavy atom. The third-order valence-corrected chi connectivity index (χ3v) is 5.28. The summed E-state index contributed by atoms with van der Waals surface area (Å²) in [6.07, 6.45) is 2.60. The second-order valence-corrected chi connectivity index (χ2v) is 8.05. The standard InChI is InChI=1S/C25H26N4O3/c1-15(2)10-12-26-24(31)17-6-8-20-21(14-17)29-23(28-20)19-13-16(7-9-22(19)30)18-5-4-11-27-25(18)32-3/h4-9,11,13-15,30H,10,12H2,1-3H3,(H,26,31)(H,28,29). The molecule has 0 saturated carbocycles. The van der Waals surface area contributed by atoms with E-state index in [2.05, 4.69) is 34.1 Å². The summed E-state index contributed by atoms with van der Waals surface area (Å²) in [4.78, 5) is 24.5. The number of pyridine rings is 1. The van der Waals surface area contributed by atoms with E-state index < -0.39 is 0 Å². The highest BCUT2D eigenvalue weighted by Gasteiger charge is 2.15. The number of nitrogens with one attached hydrogen (secondary N) is 2. The van der Waals surface area contributed by atoms with Gasteiger partial charge in [-0.15, -0.1) is 0 Å². The Morgan fingerprint density at radius 1 is 1.16 bits per heavy atom. The first-order valence-electron chi connectivity index (χ1n) is 10.6. The molecular weight excluding hydrogens is 404 g/mol. The van der Waals surface area contributed by atoms with Gasteiger partial charge in [-0.2, -0.15) is 0 Å². The summed E-state index contributed by atoms with van der Waals surface area (Å²) < 4.78 is 5.37. The summed E-state index contributed by atoms with van der Waals surface area (Å²) in [7, 11) is 1.57. The smallest absolute Gasteiger partial charge is 0.251 e. The van der Waals surface area contributed by atoms with Gasteiger partial charge in [0.15, 0.2) is 0 Å². The maximum Gasteiger partial charge on any atom is 0.251 e. The lowest BCUT2D eigenvalue weighted by atomic mass is 10.0. The van der Waals surface area contributed by atoms with Gasteiger partial charge in [0.05, 0.1) is 23.7 Å². The fraction of sp³-hybridized carbons (Fsp3) is 0.240. The summed E-state index contributed by atoms with van der Waals surface area (Å²) in [6.45, 7) is 4.89. The Bertz CT molecular complexity index is 1260. The Labute approximate surface area is 186 Å². The number of ether oxygens (including phenoxy) is 1. The largest absolute Gasteiger partial charge is 0.507 e. The quantitative estimate of drug-likeness (QED) is 0.392. The second-order valence-electron chi connectivity index (χ2n) is 8.05. The van der Waals surface area contributed by atoms with Crippen molar-refractivity contribution in [3.05, 3.63) is 60.3 Å². The number of carbonyl (C=O) groups is 1. The predicted octanol–water partition coefficient (Wildman–Crippen LogP) is 4.78. The molecule has 4 aromatic rings. The van der Waals surface area contributed by atoms with E-state index >= 15 is 0 Å². The van der Waals surface area contributed by atoms with Crippen LogP contribution >= 0.6 is 0 Å². The zero-order chi connectivity index (χ0) is 22.7. The molecular formula is C25H26N4O3. The number of benzene rings is 2. The van der Waals surface area contributed by atoms with Crippen molar-refractivity contribution in [1.82, 2.24) is 20.3 Å². The van der Waals surface area contributed by atoms with E-state index in [-0.39, 0.29) is 11.7 Å². The first-order valence-corrected chi connectivity index (χ1v) is 10.6. The molecule has 0 saturated heterocycles. The number of carbonyl (C=O) groups excluding carboxylic acids is 1. The molecule has 2 aromatic heterocycles. The minimum atomic E-state index is -0.114. The number of phenols is 1. The highest BCUT2D eigenvalue weighted by Crippen LogP contribution is 2.35. The normalized spacial score (nSPS) is 11.1. The fourth-order valence-electron chi connectivity index (χ4n) is 3.52. The lowest BCUT2D eigenvalue weighted by Crippen LogP contribution is -2.25. The van der Waals surface area contributed by atoms with Gasteiger partial charge < -0.3 is 20.1 Å². The van der Waals surface area contributed by atoms with E-state index in [1.807, 2.05) is 18.2 Å². The first kappa shape index (κ1) is 21.4.